The molecule has 1 unspecified atom stereocenters. The Kier molecular flexibility index (Phi) is 3.27. The minimum atomic E-state index is -0.144. The summed E-state index contributed by atoms with van der Waals surface area (Å²) < 4.78 is 0. The number of aryl methyl sites for hydroxylation is 1. The van der Waals surface area contributed by atoms with Gasteiger partial charge in [0.1, 0.15) is 6.04 Å². The molecule has 1 aromatic rings. The van der Waals surface area contributed by atoms with Crippen molar-refractivity contribution in [2.45, 2.75) is 19.9 Å². The second-order valence-electron chi connectivity index (χ2n) is 3.78. The quantitative estimate of drug-likeness (QED) is 0.712. The molecule has 0 spiro atoms. The van der Waals surface area contributed by atoms with Gasteiger partial charge in [0.2, 0.25) is 0 Å². The van der Waals surface area contributed by atoms with Gasteiger partial charge in [0.15, 0.2) is 0 Å². The maximum Gasteiger partial charge on any atom is 0.123 e. The van der Waals surface area contributed by atoms with E-state index in [1.165, 1.54) is 11.1 Å². The molecule has 14 heavy (non-hydrogen) atoms. The standard InChI is InChI=1S/C12H16N2/c1-9-6-5-7-11(10(9)2)12(8-13)14(3)4/h5-7,12H,1-4H3. The fourth-order valence-corrected chi connectivity index (χ4v) is 1.53. The molecular weight excluding hydrogens is 172 g/mol. The van der Waals surface area contributed by atoms with Crippen LogP contribution in [0.1, 0.15) is 22.7 Å². The molecule has 1 rings (SSSR count). The average Bonchev–Trinajstić information content (AvgIpc) is 2.13. The molecule has 2 heteroatoms. The van der Waals surface area contributed by atoms with Gasteiger partial charge in [-0.2, -0.15) is 5.26 Å². The molecule has 0 aliphatic heterocycles. The lowest BCUT2D eigenvalue weighted by Gasteiger charge is -2.20. The van der Waals surface area contributed by atoms with Crippen LogP contribution >= 0.6 is 0 Å². The van der Waals surface area contributed by atoms with Gasteiger partial charge in [-0.3, -0.25) is 4.90 Å². The van der Waals surface area contributed by atoms with Gasteiger partial charge < -0.3 is 0 Å². The summed E-state index contributed by atoms with van der Waals surface area (Å²) in [4.78, 5) is 1.93. The van der Waals surface area contributed by atoms with Gasteiger partial charge >= 0.3 is 0 Å². The number of rotatable bonds is 2. The van der Waals surface area contributed by atoms with E-state index in [9.17, 15) is 0 Å². The van der Waals surface area contributed by atoms with Gasteiger partial charge in [0.25, 0.3) is 0 Å². The SMILES string of the molecule is Cc1cccc(C(C#N)N(C)C)c1C. The van der Waals surface area contributed by atoms with Gasteiger partial charge in [0.05, 0.1) is 6.07 Å². The van der Waals surface area contributed by atoms with E-state index in [0.29, 0.717) is 0 Å². The third-order valence-electron chi connectivity index (χ3n) is 2.58. The van der Waals surface area contributed by atoms with E-state index < -0.39 is 0 Å². The predicted octanol–water partition coefficient (Wildman–Crippen LogP) is 2.43. The molecule has 0 heterocycles. The molecule has 0 fully saturated rings. The van der Waals surface area contributed by atoms with Crippen LogP contribution in [0.3, 0.4) is 0 Å². The van der Waals surface area contributed by atoms with Crippen molar-refractivity contribution in [2.75, 3.05) is 14.1 Å². The molecule has 1 aromatic carbocycles. The molecule has 74 valence electrons. The van der Waals surface area contributed by atoms with Gasteiger partial charge in [-0.15, -0.1) is 0 Å². The average molecular weight is 188 g/mol. The summed E-state index contributed by atoms with van der Waals surface area (Å²) >= 11 is 0. The first-order valence-electron chi connectivity index (χ1n) is 4.70. The molecular formula is C12H16N2. The molecule has 0 aromatic heterocycles. The van der Waals surface area contributed by atoms with Crippen molar-refractivity contribution < 1.29 is 0 Å². The third-order valence-corrected chi connectivity index (χ3v) is 2.58. The molecule has 0 aliphatic rings. The van der Waals surface area contributed by atoms with Crippen molar-refractivity contribution in [2.24, 2.45) is 0 Å². The Morgan fingerprint density at radius 1 is 1.29 bits per heavy atom. The van der Waals surface area contributed by atoms with Crippen molar-refractivity contribution in [1.82, 2.24) is 4.90 Å². The van der Waals surface area contributed by atoms with Crippen LogP contribution in [0.15, 0.2) is 18.2 Å². The first-order chi connectivity index (χ1) is 6.57. The van der Waals surface area contributed by atoms with Gasteiger partial charge in [0, 0.05) is 0 Å². The van der Waals surface area contributed by atoms with E-state index in [1.807, 2.05) is 31.1 Å². The van der Waals surface area contributed by atoms with E-state index in [1.54, 1.807) is 0 Å². The maximum atomic E-state index is 9.07. The van der Waals surface area contributed by atoms with Crippen molar-refractivity contribution in [3.8, 4) is 6.07 Å². The molecule has 0 saturated heterocycles. The lowest BCUT2D eigenvalue weighted by molar-refractivity contribution is 0.357. The summed E-state index contributed by atoms with van der Waals surface area (Å²) in [5.74, 6) is 0. The van der Waals surface area contributed by atoms with Gasteiger partial charge in [-0.05, 0) is 44.6 Å². The molecule has 1 atom stereocenters. The summed E-state index contributed by atoms with van der Waals surface area (Å²) in [6, 6.07) is 8.27. The summed E-state index contributed by atoms with van der Waals surface area (Å²) in [5, 5.41) is 9.07. The lowest BCUT2D eigenvalue weighted by atomic mass is 9.98. The van der Waals surface area contributed by atoms with Crippen LogP contribution in [-0.4, -0.2) is 19.0 Å². The summed E-state index contributed by atoms with van der Waals surface area (Å²) in [6.45, 7) is 4.14. The third kappa shape index (κ3) is 1.94. The number of nitriles is 1. The van der Waals surface area contributed by atoms with Crippen LogP contribution < -0.4 is 0 Å². The molecule has 0 amide bonds. The van der Waals surface area contributed by atoms with E-state index in [-0.39, 0.29) is 6.04 Å². The smallest absolute Gasteiger partial charge is 0.123 e. The monoisotopic (exact) mass is 188 g/mol. The van der Waals surface area contributed by atoms with E-state index in [4.69, 9.17) is 5.26 Å². The van der Waals surface area contributed by atoms with Crippen LogP contribution in [0, 0.1) is 25.2 Å². The maximum absolute atomic E-state index is 9.07. The number of hydrogen-bond donors (Lipinski definition) is 0. The molecule has 0 bridgehead atoms. The Morgan fingerprint density at radius 3 is 2.43 bits per heavy atom. The van der Waals surface area contributed by atoms with Crippen molar-refractivity contribution in [3.63, 3.8) is 0 Å². The summed E-state index contributed by atoms with van der Waals surface area (Å²) in [7, 11) is 3.85. The van der Waals surface area contributed by atoms with Crippen LogP contribution in [0.2, 0.25) is 0 Å². The molecule has 0 aliphatic carbocycles. The second-order valence-corrected chi connectivity index (χ2v) is 3.78. The minimum Gasteiger partial charge on any atom is -0.291 e. The zero-order valence-electron chi connectivity index (χ0n) is 9.20. The van der Waals surface area contributed by atoms with Crippen molar-refractivity contribution in [1.29, 1.82) is 5.26 Å². The molecule has 2 nitrogen and oxygen atoms in total. The second kappa shape index (κ2) is 4.26. The highest BCUT2D eigenvalue weighted by atomic mass is 15.1. The predicted molar refractivity (Wildman–Crippen MR) is 58.0 cm³/mol. The fraction of sp³-hybridized carbons (Fsp3) is 0.417. The normalized spacial score (nSPS) is 12.6. The number of nitrogens with zero attached hydrogens (tertiary/aromatic N) is 2. The number of benzene rings is 1. The van der Waals surface area contributed by atoms with Crippen molar-refractivity contribution in [3.05, 3.63) is 34.9 Å². The Bertz CT molecular complexity index is 361. The zero-order chi connectivity index (χ0) is 10.7. The van der Waals surface area contributed by atoms with Gasteiger partial charge in [-0.25, -0.2) is 0 Å². The number of hydrogen-bond acceptors (Lipinski definition) is 2. The highest BCUT2D eigenvalue weighted by Gasteiger charge is 2.15. The van der Waals surface area contributed by atoms with Crippen LogP contribution in [-0.2, 0) is 0 Å². The van der Waals surface area contributed by atoms with E-state index >= 15 is 0 Å². The highest BCUT2D eigenvalue weighted by Crippen LogP contribution is 2.22. The van der Waals surface area contributed by atoms with Crippen LogP contribution in [0.25, 0.3) is 0 Å². The van der Waals surface area contributed by atoms with Crippen LogP contribution in [0.4, 0.5) is 0 Å². The zero-order valence-corrected chi connectivity index (χ0v) is 9.20. The Balaban J connectivity index is 3.19. The first kappa shape index (κ1) is 10.7. The molecule has 0 radical (unpaired) electrons. The van der Waals surface area contributed by atoms with Crippen molar-refractivity contribution >= 4 is 0 Å². The highest BCUT2D eigenvalue weighted by molar-refractivity contribution is 5.37. The topological polar surface area (TPSA) is 27.0 Å². The largest absolute Gasteiger partial charge is 0.291 e. The van der Waals surface area contributed by atoms with Gasteiger partial charge in [-0.1, -0.05) is 18.2 Å². The Labute approximate surface area is 85.8 Å². The van der Waals surface area contributed by atoms with E-state index in [0.717, 1.165) is 5.56 Å². The minimum absolute atomic E-state index is 0.144. The molecule has 0 N–H and O–H groups in total. The lowest BCUT2D eigenvalue weighted by Crippen LogP contribution is -2.19. The first-order valence-corrected chi connectivity index (χ1v) is 4.70. The van der Waals surface area contributed by atoms with Crippen LogP contribution in [0.5, 0.6) is 0 Å². The summed E-state index contributed by atoms with van der Waals surface area (Å²) in [6.07, 6.45) is 0. The Hall–Kier alpha value is -1.33. The summed E-state index contributed by atoms with van der Waals surface area (Å²) in [5.41, 5.74) is 3.56. The Morgan fingerprint density at radius 2 is 1.93 bits per heavy atom. The van der Waals surface area contributed by atoms with E-state index in [2.05, 4.69) is 26.0 Å². The fourth-order valence-electron chi connectivity index (χ4n) is 1.53. The molecule has 0 saturated carbocycles.